The predicted molar refractivity (Wildman–Crippen MR) is 66.1 cm³/mol. The van der Waals surface area contributed by atoms with Gasteiger partial charge in [-0.05, 0) is 18.2 Å². The Hall–Kier alpha value is -0.940. The molecule has 0 aliphatic carbocycles. The third-order valence-electron chi connectivity index (χ3n) is 1.57. The van der Waals surface area contributed by atoms with Gasteiger partial charge in [0.05, 0.1) is 0 Å². The number of halogens is 1. The minimum Gasteiger partial charge on any atom is -0.478 e. The van der Waals surface area contributed by atoms with Gasteiger partial charge in [-0.2, -0.15) is 0 Å². The quantitative estimate of drug-likeness (QED) is 0.508. The summed E-state index contributed by atoms with van der Waals surface area (Å²) >= 11 is 4.82. The first kappa shape index (κ1) is 12.1. The zero-order chi connectivity index (χ0) is 11.3. The smallest absolute Gasteiger partial charge is 0.328 e. The normalized spacial score (nSPS) is 10.7. The molecule has 1 aromatic rings. The van der Waals surface area contributed by atoms with Crippen molar-refractivity contribution in [3.05, 3.63) is 34.8 Å². The fourth-order valence-corrected chi connectivity index (χ4v) is 2.08. The van der Waals surface area contributed by atoms with E-state index in [-0.39, 0.29) is 0 Å². The monoisotopic (exact) mass is 287 g/mol. The second-order valence-electron chi connectivity index (χ2n) is 2.73. The molecule has 0 aromatic heterocycles. The molecule has 0 saturated carbocycles. The number of nitrogen functional groups attached to an aromatic ring is 1. The predicted octanol–water partition coefficient (Wildman–Crippen LogP) is 2.76. The van der Waals surface area contributed by atoms with Gasteiger partial charge < -0.3 is 10.8 Å². The zero-order valence-corrected chi connectivity index (χ0v) is 10.2. The second kappa shape index (κ2) is 5.82. The lowest BCUT2D eigenvalue weighted by molar-refractivity contribution is -0.131. The molecule has 0 heterocycles. The Morgan fingerprint density at radius 1 is 1.60 bits per heavy atom. The first-order chi connectivity index (χ1) is 7.09. The van der Waals surface area contributed by atoms with Crippen LogP contribution in [0.3, 0.4) is 0 Å². The van der Waals surface area contributed by atoms with Crippen LogP contribution in [0.15, 0.2) is 39.7 Å². The number of carboxylic acid groups (broad SMARTS) is 1. The van der Waals surface area contributed by atoms with Gasteiger partial charge in [-0.15, -0.1) is 11.8 Å². The number of nitrogens with two attached hydrogens (primary N) is 1. The summed E-state index contributed by atoms with van der Waals surface area (Å²) in [5.41, 5.74) is 6.46. The van der Waals surface area contributed by atoms with E-state index < -0.39 is 5.97 Å². The molecule has 0 saturated heterocycles. The van der Waals surface area contributed by atoms with E-state index in [0.29, 0.717) is 11.4 Å². The molecule has 0 radical (unpaired) electrons. The van der Waals surface area contributed by atoms with Gasteiger partial charge >= 0.3 is 5.97 Å². The van der Waals surface area contributed by atoms with Crippen molar-refractivity contribution >= 4 is 39.3 Å². The fourth-order valence-electron chi connectivity index (χ4n) is 0.938. The van der Waals surface area contributed by atoms with E-state index in [9.17, 15) is 4.79 Å². The zero-order valence-electron chi connectivity index (χ0n) is 7.81. The van der Waals surface area contributed by atoms with E-state index in [4.69, 9.17) is 10.8 Å². The highest BCUT2D eigenvalue weighted by Crippen LogP contribution is 2.27. The first-order valence-corrected chi connectivity index (χ1v) is 5.95. The van der Waals surface area contributed by atoms with Crippen LogP contribution in [0.25, 0.3) is 0 Å². The number of aliphatic carboxylic acids is 1. The molecule has 0 unspecified atom stereocenters. The maximum Gasteiger partial charge on any atom is 0.328 e. The molecule has 0 spiro atoms. The van der Waals surface area contributed by atoms with Crippen LogP contribution in [-0.2, 0) is 4.79 Å². The summed E-state index contributed by atoms with van der Waals surface area (Å²) in [6.45, 7) is 0. The SMILES string of the molecule is Nc1cc(Br)ccc1SCC=CC(=O)O. The average Bonchev–Trinajstić information content (AvgIpc) is 2.14. The van der Waals surface area contributed by atoms with Gasteiger partial charge in [-0.25, -0.2) is 4.79 Å². The molecule has 5 heteroatoms. The molecule has 80 valence electrons. The number of benzene rings is 1. The third-order valence-corrected chi connectivity index (χ3v) is 3.10. The number of hydrogen-bond acceptors (Lipinski definition) is 3. The number of rotatable bonds is 4. The lowest BCUT2D eigenvalue weighted by atomic mass is 10.3. The van der Waals surface area contributed by atoms with Crippen LogP contribution in [0.4, 0.5) is 5.69 Å². The Kier molecular flexibility index (Phi) is 4.71. The third kappa shape index (κ3) is 4.40. The lowest BCUT2D eigenvalue weighted by Crippen LogP contribution is -1.89. The summed E-state index contributed by atoms with van der Waals surface area (Å²) < 4.78 is 0.936. The maximum absolute atomic E-state index is 10.2. The minimum absolute atomic E-state index is 0.595. The Morgan fingerprint density at radius 2 is 2.33 bits per heavy atom. The molecule has 1 aromatic carbocycles. The first-order valence-electron chi connectivity index (χ1n) is 4.17. The molecule has 0 aliphatic heterocycles. The highest BCUT2D eigenvalue weighted by molar-refractivity contribution is 9.10. The summed E-state index contributed by atoms with van der Waals surface area (Å²) in [7, 11) is 0. The van der Waals surface area contributed by atoms with Crippen molar-refractivity contribution in [2.24, 2.45) is 0 Å². The van der Waals surface area contributed by atoms with Crippen molar-refractivity contribution in [3.8, 4) is 0 Å². The van der Waals surface area contributed by atoms with E-state index in [1.165, 1.54) is 11.8 Å². The minimum atomic E-state index is -0.931. The lowest BCUT2D eigenvalue weighted by Gasteiger charge is -2.03. The van der Waals surface area contributed by atoms with Gasteiger partial charge in [-0.1, -0.05) is 22.0 Å². The number of carbonyl (C=O) groups is 1. The standard InChI is InChI=1S/C10H10BrNO2S/c11-7-3-4-9(8(12)6-7)15-5-1-2-10(13)14/h1-4,6H,5,12H2,(H,13,14). The average molecular weight is 288 g/mol. The molecular weight excluding hydrogens is 278 g/mol. The molecule has 0 aliphatic rings. The number of carboxylic acids is 1. The van der Waals surface area contributed by atoms with Gasteiger partial charge in [-0.3, -0.25) is 0 Å². The number of hydrogen-bond donors (Lipinski definition) is 2. The number of anilines is 1. The Balaban J connectivity index is 2.54. The van der Waals surface area contributed by atoms with E-state index in [1.807, 2.05) is 18.2 Å². The fraction of sp³-hybridized carbons (Fsp3) is 0.100. The van der Waals surface area contributed by atoms with Crippen LogP contribution in [-0.4, -0.2) is 16.8 Å². The van der Waals surface area contributed by atoms with Crippen molar-refractivity contribution in [1.82, 2.24) is 0 Å². The van der Waals surface area contributed by atoms with Gasteiger partial charge in [0.1, 0.15) is 0 Å². The van der Waals surface area contributed by atoms with Crippen LogP contribution < -0.4 is 5.73 Å². The number of thioether (sulfide) groups is 1. The Labute approximate surface area is 100 Å². The summed E-state index contributed by atoms with van der Waals surface area (Å²) in [5, 5.41) is 8.37. The van der Waals surface area contributed by atoms with Gasteiger partial charge in [0, 0.05) is 26.9 Å². The van der Waals surface area contributed by atoms with Crippen molar-refractivity contribution in [3.63, 3.8) is 0 Å². The van der Waals surface area contributed by atoms with Crippen LogP contribution in [0, 0.1) is 0 Å². The molecule has 1 rings (SSSR count). The van der Waals surface area contributed by atoms with E-state index in [1.54, 1.807) is 6.08 Å². The molecule has 0 fully saturated rings. The highest BCUT2D eigenvalue weighted by atomic mass is 79.9. The summed E-state index contributed by atoms with van der Waals surface area (Å²) in [6.07, 6.45) is 2.72. The van der Waals surface area contributed by atoms with E-state index in [0.717, 1.165) is 15.4 Å². The molecule has 0 bridgehead atoms. The largest absolute Gasteiger partial charge is 0.478 e. The molecule has 3 N–H and O–H groups in total. The van der Waals surface area contributed by atoms with E-state index >= 15 is 0 Å². The van der Waals surface area contributed by atoms with Crippen LogP contribution in [0.1, 0.15) is 0 Å². The Bertz CT molecular complexity index is 393. The van der Waals surface area contributed by atoms with Crippen molar-refractivity contribution in [1.29, 1.82) is 0 Å². The van der Waals surface area contributed by atoms with Crippen molar-refractivity contribution in [2.45, 2.75) is 4.90 Å². The molecule has 15 heavy (non-hydrogen) atoms. The van der Waals surface area contributed by atoms with Crippen LogP contribution in [0.2, 0.25) is 0 Å². The Morgan fingerprint density at radius 3 is 2.93 bits per heavy atom. The molecule has 0 atom stereocenters. The molecular formula is C10H10BrNO2S. The van der Waals surface area contributed by atoms with Crippen LogP contribution in [0.5, 0.6) is 0 Å². The molecule has 3 nitrogen and oxygen atoms in total. The van der Waals surface area contributed by atoms with Gasteiger partial charge in [0.15, 0.2) is 0 Å². The summed E-state index contributed by atoms with van der Waals surface area (Å²) in [6, 6.07) is 5.63. The van der Waals surface area contributed by atoms with Crippen molar-refractivity contribution < 1.29 is 9.90 Å². The summed E-state index contributed by atoms with van der Waals surface area (Å²) in [4.78, 5) is 11.1. The topological polar surface area (TPSA) is 63.3 Å². The second-order valence-corrected chi connectivity index (χ2v) is 4.71. The van der Waals surface area contributed by atoms with Crippen LogP contribution >= 0.6 is 27.7 Å². The van der Waals surface area contributed by atoms with Gasteiger partial charge in [0.25, 0.3) is 0 Å². The van der Waals surface area contributed by atoms with E-state index in [2.05, 4.69) is 15.9 Å². The van der Waals surface area contributed by atoms with Gasteiger partial charge in [0.2, 0.25) is 0 Å². The molecule has 0 amide bonds. The van der Waals surface area contributed by atoms with Crippen molar-refractivity contribution in [2.75, 3.05) is 11.5 Å². The highest BCUT2D eigenvalue weighted by Gasteiger charge is 1.99. The maximum atomic E-state index is 10.2. The summed E-state index contributed by atoms with van der Waals surface area (Å²) in [5.74, 6) is -0.336.